The van der Waals surface area contributed by atoms with Gasteiger partial charge < -0.3 is 20.5 Å². The molecule has 0 aromatic rings. The second-order valence-corrected chi connectivity index (χ2v) is 5.37. The summed E-state index contributed by atoms with van der Waals surface area (Å²) in [7, 11) is 1.45. The highest BCUT2D eigenvalue weighted by Gasteiger charge is 2.25. The average Bonchev–Trinajstić information content (AvgIpc) is 2.43. The second kappa shape index (κ2) is 8.79. The van der Waals surface area contributed by atoms with Gasteiger partial charge in [-0.15, -0.1) is 0 Å². The molecule has 3 unspecified atom stereocenters. The minimum atomic E-state index is -0.933. The van der Waals surface area contributed by atoms with Gasteiger partial charge in [0.2, 0.25) is 0 Å². The Morgan fingerprint density at radius 3 is 2.65 bits per heavy atom. The lowest BCUT2D eigenvalue weighted by Crippen LogP contribution is -2.48. The number of urea groups is 1. The van der Waals surface area contributed by atoms with Crippen LogP contribution in [0.4, 0.5) is 4.79 Å². The van der Waals surface area contributed by atoms with Crippen molar-refractivity contribution in [2.24, 2.45) is 5.92 Å². The van der Waals surface area contributed by atoms with Crippen molar-refractivity contribution in [3.05, 3.63) is 0 Å². The van der Waals surface area contributed by atoms with Crippen LogP contribution in [-0.4, -0.2) is 42.9 Å². The molecule has 6 nitrogen and oxygen atoms in total. The van der Waals surface area contributed by atoms with Crippen molar-refractivity contribution >= 4 is 12.0 Å². The minimum absolute atomic E-state index is 0.113. The first-order chi connectivity index (χ1) is 9.56. The first-order valence-electron chi connectivity index (χ1n) is 7.35. The molecule has 0 spiro atoms. The molecule has 20 heavy (non-hydrogen) atoms. The Morgan fingerprint density at radius 2 is 2.05 bits per heavy atom. The Labute approximate surface area is 120 Å². The summed E-state index contributed by atoms with van der Waals surface area (Å²) >= 11 is 0. The molecule has 3 atom stereocenters. The lowest BCUT2D eigenvalue weighted by atomic mass is 9.83. The number of nitrogens with one attached hydrogen (secondary N) is 2. The number of rotatable bonds is 7. The van der Waals surface area contributed by atoms with Gasteiger partial charge in [0.1, 0.15) is 0 Å². The monoisotopic (exact) mass is 286 g/mol. The minimum Gasteiger partial charge on any atom is -0.481 e. The Bertz CT molecular complexity index is 322. The van der Waals surface area contributed by atoms with Crippen LogP contribution >= 0.6 is 0 Å². The second-order valence-electron chi connectivity index (χ2n) is 5.37. The fourth-order valence-corrected chi connectivity index (χ4v) is 2.75. The number of ether oxygens (including phenoxy) is 1. The molecule has 2 amide bonds. The standard InChI is InChI=1S/C14H26N2O4/c1-3-10-6-4-5-7-12(10)16-14(19)15-9-11(20-2)8-13(17)18/h10-12H,3-9H2,1-2H3,(H,17,18)(H2,15,16,19). The van der Waals surface area contributed by atoms with Crippen LogP contribution in [0.5, 0.6) is 0 Å². The van der Waals surface area contributed by atoms with Crippen LogP contribution in [0.1, 0.15) is 45.4 Å². The third-order valence-electron chi connectivity index (χ3n) is 3.98. The lowest BCUT2D eigenvalue weighted by molar-refractivity contribution is -0.139. The zero-order valence-electron chi connectivity index (χ0n) is 12.4. The number of carbonyl (C=O) groups is 2. The van der Waals surface area contributed by atoms with E-state index in [1.54, 1.807) is 0 Å². The maximum atomic E-state index is 11.9. The lowest BCUT2D eigenvalue weighted by Gasteiger charge is -2.31. The zero-order valence-corrected chi connectivity index (χ0v) is 12.4. The van der Waals surface area contributed by atoms with Crippen molar-refractivity contribution in [3.63, 3.8) is 0 Å². The Hall–Kier alpha value is -1.30. The molecular weight excluding hydrogens is 260 g/mol. The molecule has 1 fully saturated rings. The fourth-order valence-electron chi connectivity index (χ4n) is 2.75. The highest BCUT2D eigenvalue weighted by molar-refractivity contribution is 5.74. The van der Waals surface area contributed by atoms with Gasteiger partial charge in [-0.25, -0.2) is 4.79 Å². The maximum absolute atomic E-state index is 11.9. The van der Waals surface area contributed by atoms with Gasteiger partial charge in [-0.2, -0.15) is 0 Å². The van der Waals surface area contributed by atoms with Gasteiger partial charge in [-0.3, -0.25) is 4.79 Å². The normalized spacial score (nSPS) is 23.9. The summed E-state index contributed by atoms with van der Waals surface area (Å²) in [6.45, 7) is 2.36. The molecule has 0 aromatic carbocycles. The maximum Gasteiger partial charge on any atom is 0.315 e. The zero-order chi connectivity index (χ0) is 15.0. The van der Waals surface area contributed by atoms with E-state index < -0.39 is 12.1 Å². The number of carbonyl (C=O) groups excluding carboxylic acids is 1. The number of amides is 2. The first-order valence-corrected chi connectivity index (χ1v) is 7.35. The van der Waals surface area contributed by atoms with E-state index in [0.29, 0.717) is 5.92 Å². The van der Waals surface area contributed by atoms with Crippen LogP contribution in [0.15, 0.2) is 0 Å². The van der Waals surface area contributed by atoms with Crippen LogP contribution in [0.25, 0.3) is 0 Å². The van der Waals surface area contributed by atoms with E-state index in [-0.39, 0.29) is 25.0 Å². The van der Waals surface area contributed by atoms with Gasteiger partial charge in [-0.05, 0) is 18.8 Å². The number of carboxylic acids is 1. The smallest absolute Gasteiger partial charge is 0.315 e. The molecule has 0 heterocycles. The van der Waals surface area contributed by atoms with Crippen LogP contribution in [-0.2, 0) is 9.53 Å². The van der Waals surface area contributed by atoms with Crippen molar-refractivity contribution in [2.75, 3.05) is 13.7 Å². The number of carboxylic acid groups (broad SMARTS) is 1. The molecule has 0 aromatic heterocycles. The van der Waals surface area contributed by atoms with E-state index in [0.717, 1.165) is 19.3 Å². The summed E-state index contributed by atoms with van der Waals surface area (Å²) in [6, 6.07) is -0.00277. The molecule has 3 N–H and O–H groups in total. The molecule has 0 radical (unpaired) electrons. The molecule has 6 heteroatoms. The van der Waals surface area contributed by atoms with Crippen LogP contribution < -0.4 is 10.6 Å². The van der Waals surface area contributed by atoms with Gasteiger partial charge >= 0.3 is 12.0 Å². The summed E-state index contributed by atoms with van der Waals surface area (Å²) in [4.78, 5) is 22.5. The van der Waals surface area contributed by atoms with Crippen LogP contribution in [0, 0.1) is 5.92 Å². The topological polar surface area (TPSA) is 87.7 Å². The Balaban J connectivity index is 2.33. The number of methoxy groups -OCH3 is 1. The number of hydrogen-bond donors (Lipinski definition) is 3. The van der Waals surface area contributed by atoms with Crippen molar-refractivity contribution in [1.29, 1.82) is 0 Å². The summed E-state index contributed by atoms with van der Waals surface area (Å²) < 4.78 is 5.02. The van der Waals surface area contributed by atoms with E-state index in [4.69, 9.17) is 9.84 Å². The van der Waals surface area contributed by atoms with Gasteiger partial charge in [0.05, 0.1) is 12.5 Å². The van der Waals surface area contributed by atoms with Crippen molar-refractivity contribution in [2.45, 2.75) is 57.6 Å². The molecule has 1 saturated carbocycles. The van der Waals surface area contributed by atoms with Crippen molar-refractivity contribution < 1.29 is 19.4 Å². The first kappa shape index (κ1) is 16.8. The van der Waals surface area contributed by atoms with Crippen molar-refractivity contribution in [3.8, 4) is 0 Å². The Kier molecular flexibility index (Phi) is 7.36. The van der Waals surface area contributed by atoms with Gasteiger partial charge in [0, 0.05) is 19.7 Å². The van der Waals surface area contributed by atoms with E-state index in [2.05, 4.69) is 17.6 Å². The SMILES string of the molecule is CCC1CCCCC1NC(=O)NCC(CC(=O)O)OC. The van der Waals surface area contributed by atoms with Gasteiger partial charge in [0.25, 0.3) is 0 Å². The molecular formula is C14H26N2O4. The summed E-state index contributed by atoms with van der Waals surface area (Å²) in [5, 5.41) is 14.4. The quantitative estimate of drug-likeness (QED) is 0.665. The van der Waals surface area contributed by atoms with Crippen LogP contribution in [0.3, 0.4) is 0 Å². The van der Waals surface area contributed by atoms with Crippen LogP contribution in [0.2, 0.25) is 0 Å². The summed E-state index contributed by atoms with van der Waals surface area (Å²) in [5.74, 6) is -0.385. The largest absolute Gasteiger partial charge is 0.481 e. The predicted octanol–water partition coefficient (Wildman–Crippen LogP) is 1.74. The highest BCUT2D eigenvalue weighted by Crippen LogP contribution is 2.26. The fraction of sp³-hybridized carbons (Fsp3) is 0.857. The summed E-state index contributed by atoms with van der Waals surface area (Å²) in [5.41, 5.74) is 0. The molecule has 0 bridgehead atoms. The van der Waals surface area contributed by atoms with E-state index in [9.17, 15) is 9.59 Å². The number of aliphatic carboxylic acids is 1. The molecule has 0 saturated heterocycles. The van der Waals surface area contributed by atoms with Gasteiger partial charge in [-0.1, -0.05) is 26.2 Å². The average molecular weight is 286 g/mol. The third-order valence-corrected chi connectivity index (χ3v) is 3.98. The molecule has 1 aliphatic rings. The molecule has 0 aliphatic heterocycles. The predicted molar refractivity (Wildman–Crippen MR) is 75.6 cm³/mol. The molecule has 116 valence electrons. The van der Waals surface area contributed by atoms with E-state index >= 15 is 0 Å². The Morgan fingerprint density at radius 1 is 1.35 bits per heavy atom. The highest BCUT2D eigenvalue weighted by atomic mass is 16.5. The molecule has 1 rings (SSSR count). The summed E-state index contributed by atoms with van der Waals surface area (Å²) in [6.07, 6.45) is 5.05. The van der Waals surface area contributed by atoms with E-state index in [1.807, 2.05) is 0 Å². The van der Waals surface area contributed by atoms with Gasteiger partial charge in [0.15, 0.2) is 0 Å². The third kappa shape index (κ3) is 5.77. The van der Waals surface area contributed by atoms with Crippen molar-refractivity contribution in [1.82, 2.24) is 10.6 Å². The molecule has 1 aliphatic carbocycles. The number of hydrogen-bond acceptors (Lipinski definition) is 3. The van der Waals surface area contributed by atoms with E-state index in [1.165, 1.54) is 20.0 Å².